The molecule has 1 fully saturated rings. The number of carbonyl (C=O) groups is 1. The summed E-state index contributed by atoms with van der Waals surface area (Å²) < 4.78 is 6.62. The molecular formula is C19H15BrClN3O4S. The Kier molecular flexibility index (Phi) is 5.73. The van der Waals surface area contributed by atoms with Gasteiger partial charge >= 0.3 is 0 Å². The normalized spacial score (nSPS) is 14.2. The first-order valence-corrected chi connectivity index (χ1v) is 10.7. The van der Waals surface area contributed by atoms with E-state index in [-0.39, 0.29) is 15.6 Å². The quantitative estimate of drug-likeness (QED) is 0.391. The summed E-state index contributed by atoms with van der Waals surface area (Å²) in [6.45, 7) is 2.98. The summed E-state index contributed by atoms with van der Waals surface area (Å²) in [5.41, 5.74) is 1.56. The number of anilines is 2. The number of amides is 1. The molecule has 0 radical (unpaired) electrons. The molecule has 29 heavy (non-hydrogen) atoms. The summed E-state index contributed by atoms with van der Waals surface area (Å²) in [5.74, 6) is -0.406. The van der Waals surface area contributed by atoms with Gasteiger partial charge in [-0.3, -0.25) is 14.9 Å². The first-order chi connectivity index (χ1) is 14.0. The highest BCUT2D eigenvalue weighted by atomic mass is 79.9. The maximum atomic E-state index is 12.8. The number of nitrogens with one attached hydrogen (secondary N) is 1. The van der Waals surface area contributed by atoms with Crippen LogP contribution in [0.2, 0.25) is 5.02 Å². The standard InChI is InChI=1S/C19H15BrClN3O4S/c20-13-10-11(4-5-14(13)23-6-8-28-9-7-23)22-19(25)18-16(21)12-2-1-3-15(24(26)27)17(12)29-18/h1-5,10H,6-9H2,(H,22,25). The molecule has 10 heteroatoms. The predicted molar refractivity (Wildman–Crippen MR) is 119 cm³/mol. The van der Waals surface area contributed by atoms with E-state index in [0.29, 0.717) is 29.0 Å². The number of carbonyl (C=O) groups excluding carboxylic acids is 1. The van der Waals surface area contributed by atoms with Crippen LogP contribution in [0.15, 0.2) is 40.9 Å². The van der Waals surface area contributed by atoms with Gasteiger partial charge in [-0.05, 0) is 34.1 Å². The molecule has 0 bridgehead atoms. The van der Waals surface area contributed by atoms with E-state index in [9.17, 15) is 14.9 Å². The maximum absolute atomic E-state index is 12.8. The van der Waals surface area contributed by atoms with Crippen LogP contribution in [0.1, 0.15) is 9.67 Å². The van der Waals surface area contributed by atoms with Gasteiger partial charge in [-0.25, -0.2) is 0 Å². The summed E-state index contributed by atoms with van der Waals surface area (Å²) in [4.78, 5) is 26.0. The average molecular weight is 497 g/mol. The number of nitro groups is 1. The summed E-state index contributed by atoms with van der Waals surface area (Å²) in [7, 11) is 0. The molecule has 1 aliphatic rings. The van der Waals surface area contributed by atoms with Crippen molar-refractivity contribution in [1.29, 1.82) is 0 Å². The van der Waals surface area contributed by atoms with Gasteiger partial charge in [-0.15, -0.1) is 11.3 Å². The Balaban J connectivity index is 1.59. The molecule has 1 N–H and O–H groups in total. The van der Waals surface area contributed by atoms with Gasteiger partial charge in [-0.2, -0.15) is 0 Å². The zero-order chi connectivity index (χ0) is 20.5. The second kappa shape index (κ2) is 8.27. The van der Waals surface area contributed by atoms with E-state index >= 15 is 0 Å². The van der Waals surface area contributed by atoms with Gasteiger partial charge in [0.05, 0.1) is 28.8 Å². The Bertz CT molecular complexity index is 1110. The van der Waals surface area contributed by atoms with Gasteiger partial charge in [0, 0.05) is 34.7 Å². The van der Waals surface area contributed by atoms with E-state index in [1.165, 1.54) is 6.07 Å². The number of ether oxygens (including phenoxy) is 1. The lowest BCUT2D eigenvalue weighted by atomic mass is 10.2. The largest absolute Gasteiger partial charge is 0.378 e. The van der Waals surface area contributed by atoms with Crippen LogP contribution in [0.25, 0.3) is 10.1 Å². The number of hydrogen-bond acceptors (Lipinski definition) is 6. The molecule has 2 heterocycles. The van der Waals surface area contributed by atoms with Crippen LogP contribution < -0.4 is 10.2 Å². The Labute approximate surface area is 183 Å². The van der Waals surface area contributed by atoms with Crippen molar-refractivity contribution < 1.29 is 14.5 Å². The fourth-order valence-corrected chi connectivity index (χ4v) is 5.32. The highest BCUT2D eigenvalue weighted by molar-refractivity contribution is 9.10. The second-order valence-corrected chi connectivity index (χ2v) is 8.63. The van der Waals surface area contributed by atoms with E-state index in [0.717, 1.165) is 34.6 Å². The van der Waals surface area contributed by atoms with Gasteiger partial charge in [0.25, 0.3) is 11.6 Å². The van der Waals surface area contributed by atoms with Gasteiger partial charge in [0.1, 0.15) is 9.58 Å². The minimum atomic E-state index is -0.474. The highest BCUT2D eigenvalue weighted by Gasteiger charge is 2.23. The summed E-state index contributed by atoms with van der Waals surface area (Å²) in [6.07, 6.45) is 0. The minimum Gasteiger partial charge on any atom is -0.378 e. The number of fused-ring (bicyclic) bond motifs is 1. The molecule has 0 saturated carbocycles. The molecule has 7 nitrogen and oxygen atoms in total. The predicted octanol–water partition coefficient (Wildman–Crippen LogP) is 5.31. The molecule has 150 valence electrons. The number of hydrogen-bond donors (Lipinski definition) is 1. The number of halogens is 2. The smallest absolute Gasteiger partial charge is 0.287 e. The lowest BCUT2D eigenvalue weighted by Crippen LogP contribution is -2.36. The number of thiophene rings is 1. The van der Waals surface area contributed by atoms with Crippen LogP contribution in [-0.2, 0) is 4.74 Å². The number of nitro benzene ring substituents is 1. The number of benzene rings is 2. The van der Waals surface area contributed by atoms with E-state index < -0.39 is 10.8 Å². The van der Waals surface area contributed by atoms with Gasteiger partial charge in [-0.1, -0.05) is 23.7 Å². The second-order valence-electron chi connectivity index (χ2n) is 6.38. The molecule has 0 spiro atoms. The van der Waals surface area contributed by atoms with Crippen LogP contribution in [0.4, 0.5) is 17.1 Å². The van der Waals surface area contributed by atoms with Crippen LogP contribution in [0, 0.1) is 10.1 Å². The highest BCUT2D eigenvalue weighted by Crippen LogP contribution is 2.40. The molecular weight excluding hydrogens is 482 g/mol. The zero-order valence-electron chi connectivity index (χ0n) is 15.0. The summed E-state index contributed by atoms with van der Waals surface area (Å²) in [6, 6.07) is 10.2. The van der Waals surface area contributed by atoms with Crippen molar-refractivity contribution in [3.05, 3.63) is 60.9 Å². The SMILES string of the molecule is O=C(Nc1ccc(N2CCOCC2)c(Br)c1)c1sc2c([N+](=O)[O-])cccc2c1Cl. The van der Waals surface area contributed by atoms with E-state index in [4.69, 9.17) is 16.3 Å². The van der Waals surface area contributed by atoms with Crippen molar-refractivity contribution in [2.45, 2.75) is 0 Å². The van der Waals surface area contributed by atoms with Gasteiger partial charge in [0.2, 0.25) is 0 Å². The van der Waals surface area contributed by atoms with Crippen molar-refractivity contribution in [3.63, 3.8) is 0 Å². The molecule has 1 aromatic heterocycles. The first-order valence-electron chi connectivity index (χ1n) is 8.74. The zero-order valence-corrected chi connectivity index (χ0v) is 18.1. The van der Waals surface area contributed by atoms with Crippen LogP contribution >= 0.6 is 38.9 Å². The number of morpholine rings is 1. The Morgan fingerprint density at radius 1 is 1.28 bits per heavy atom. The molecule has 4 rings (SSSR count). The Morgan fingerprint density at radius 3 is 2.72 bits per heavy atom. The lowest BCUT2D eigenvalue weighted by Gasteiger charge is -2.29. The molecule has 1 amide bonds. The molecule has 2 aromatic carbocycles. The van der Waals surface area contributed by atoms with Crippen LogP contribution in [0.3, 0.4) is 0 Å². The molecule has 0 unspecified atom stereocenters. The van der Waals surface area contributed by atoms with Crippen molar-refractivity contribution in [1.82, 2.24) is 0 Å². The fraction of sp³-hybridized carbons (Fsp3) is 0.211. The third-order valence-corrected chi connectivity index (χ3v) is 6.96. The van der Waals surface area contributed by atoms with Crippen molar-refractivity contribution in [3.8, 4) is 0 Å². The average Bonchev–Trinajstić information content (AvgIpc) is 3.05. The third kappa shape index (κ3) is 3.95. The van der Waals surface area contributed by atoms with Crippen LogP contribution in [-0.4, -0.2) is 37.1 Å². The monoisotopic (exact) mass is 495 g/mol. The number of non-ortho nitro benzene ring substituents is 1. The topological polar surface area (TPSA) is 84.7 Å². The number of nitrogens with zero attached hydrogens (tertiary/aromatic N) is 2. The minimum absolute atomic E-state index is 0.0638. The van der Waals surface area contributed by atoms with Crippen molar-refractivity contribution in [2.75, 3.05) is 36.5 Å². The number of rotatable bonds is 4. The summed E-state index contributed by atoms with van der Waals surface area (Å²) >= 11 is 10.9. The van der Waals surface area contributed by atoms with Gasteiger partial charge < -0.3 is 15.0 Å². The molecule has 0 atom stereocenters. The van der Waals surface area contributed by atoms with Crippen molar-refractivity contribution >= 4 is 71.9 Å². The first kappa shape index (κ1) is 20.1. The summed E-state index contributed by atoms with van der Waals surface area (Å²) in [5, 5.41) is 14.8. The molecule has 3 aromatic rings. The maximum Gasteiger partial charge on any atom is 0.287 e. The fourth-order valence-electron chi connectivity index (χ4n) is 3.20. The Morgan fingerprint density at radius 2 is 2.03 bits per heavy atom. The Hall–Kier alpha value is -2.20. The molecule has 1 saturated heterocycles. The van der Waals surface area contributed by atoms with Crippen LogP contribution in [0.5, 0.6) is 0 Å². The van der Waals surface area contributed by atoms with Gasteiger partial charge in [0.15, 0.2) is 0 Å². The third-order valence-electron chi connectivity index (χ3n) is 4.59. The van der Waals surface area contributed by atoms with E-state index in [1.54, 1.807) is 12.1 Å². The van der Waals surface area contributed by atoms with E-state index in [1.807, 2.05) is 18.2 Å². The molecule has 1 aliphatic heterocycles. The van der Waals surface area contributed by atoms with Crippen molar-refractivity contribution in [2.24, 2.45) is 0 Å². The lowest BCUT2D eigenvalue weighted by molar-refractivity contribution is -0.382. The van der Waals surface area contributed by atoms with E-state index in [2.05, 4.69) is 26.1 Å². The molecule has 0 aliphatic carbocycles.